The third-order valence-corrected chi connectivity index (χ3v) is 3.59. The van der Waals surface area contributed by atoms with Crippen LogP contribution in [-0.2, 0) is 0 Å². The lowest BCUT2D eigenvalue weighted by atomic mass is 10.2. The molecule has 1 aromatic carbocycles. The van der Waals surface area contributed by atoms with Crippen LogP contribution in [0.2, 0.25) is 5.02 Å². The number of halogens is 1. The van der Waals surface area contributed by atoms with Crippen LogP contribution >= 0.6 is 22.9 Å². The summed E-state index contributed by atoms with van der Waals surface area (Å²) in [5.41, 5.74) is 0.504. The van der Waals surface area contributed by atoms with E-state index in [-0.39, 0.29) is 5.91 Å². The van der Waals surface area contributed by atoms with E-state index in [1.807, 2.05) is 0 Å². The number of nitrogens with zero attached hydrogens (tertiary/aromatic N) is 2. The molecule has 0 fully saturated rings. The second-order valence-electron chi connectivity index (χ2n) is 3.85. The smallest absolute Gasteiger partial charge is 0.257 e. The summed E-state index contributed by atoms with van der Waals surface area (Å²) in [7, 11) is 0. The predicted octanol–water partition coefficient (Wildman–Crippen LogP) is 3.70. The number of anilines is 1. The van der Waals surface area contributed by atoms with Crippen LogP contribution in [0.3, 0.4) is 0 Å². The minimum atomic E-state index is -0.260. The monoisotopic (exact) mass is 305 g/mol. The largest absolute Gasteiger partial charge is 0.462 e. The first-order valence-corrected chi connectivity index (χ1v) is 6.86. The molecular weight excluding hydrogens is 298 g/mol. The molecule has 0 aliphatic rings. The van der Waals surface area contributed by atoms with Crippen molar-refractivity contribution in [3.05, 3.63) is 53.2 Å². The van der Waals surface area contributed by atoms with Crippen LogP contribution in [0.25, 0.3) is 10.8 Å². The third kappa shape index (κ3) is 2.71. The maximum Gasteiger partial charge on any atom is 0.257 e. The second-order valence-corrected chi connectivity index (χ2v) is 5.26. The molecule has 5 nitrogen and oxygen atoms in total. The van der Waals surface area contributed by atoms with Gasteiger partial charge in [0.25, 0.3) is 5.91 Å². The molecule has 0 atom stereocenters. The van der Waals surface area contributed by atoms with Gasteiger partial charge in [-0.15, -0.1) is 10.2 Å². The Morgan fingerprint density at radius 3 is 2.70 bits per heavy atom. The maximum absolute atomic E-state index is 12.0. The van der Waals surface area contributed by atoms with Gasteiger partial charge in [0.1, 0.15) is 0 Å². The van der Waals surface area contributed by atoms with Crippen molar-refractivity contribution >= 4 is 34.0 Å². The molecule has 3 aromatic rings. The summed E-state index contributed by atoms with van der Waals surface area (Å²) in [6, 6.07) is 10.2. The number of hydrogen-bond donors (Lipinski definition) is 1. The van der Waals surface area contributed by atoms with Gasteiger partial charge in [0, 0.05) is 10.6 Å². The summed E-state index contributed by atoms with van der Waals surface area (Å²) >= 11 is 7.02. The number of carbonyl (C=O) groups is 1. The normalized spacial score (nSPS) is 10.4. The molecule has 2 aromatic heterocycles. The second kappa shape index (κ2) is 5.44. The summed E-state index contributed by atoms with van der Waals surface area (Å²) in [6.07, 6.45) is 1.56. The zero-order valence-corrected chi connectivity index (χ0v) is 11.6. The van der Waals surface area contributed by atoms with Crippen molar-refractivity contribution in [1.82, 2.24) is 10.2 Å². The van der Waals surface area contributed by atoms with Crippen molar-refractivity contribution in [1.29, 1.82) is 0 Å². The molecule has 0 radical (unpaired) electrons. The first-order chi connectivity index (χ1) is 9.72. The van der Waals surface area contributed by atoms with E-state index in [2.05, 4.69) is 15.5 Å². The van der Waals surface area contributed by atoms with E-state index < -0.39 is 0 Å². The fourth-order valence-electron chi connectivity index (χ4n) is 1.54. The first-order valence-electron chi connectivity index (χ1n) is 5.67. The van der Waals surface area contributed by atoms with Crippen molar-refractivity contribution in [2.45, 2.75) is 0 Å². The van der Waals surface area contributed by atoms with Gasteiger partial charge in [-0.25, -0.2) is 0 Å². The average Bonchev–Trinajstić information content (AvgIpc) is 3.09. The molecule has 0 unspecified atom stereocenters. The number of aromatic nitrogens is 2. The van der Waals surface area contributed by atoms with Gasteiger partial charge in [0.05, 0.1) is 6.26 Å². The zero-order valence-electron chi connectivity index (χ0n) is 10.0. The highest BCUT2D eigenvalue weighted by Crippen LogP contribution is 2.26. The highest BCUT2D eigenvalue weighted by molar-refractivity contribution is 7.18. The molecule has 0 saturated heterocycles. The molecule has 1 amide bonds. The fraction of sp³-hybridized carbons (Fsp3) is 0. The van der Waals surface area contributed by atoms with E-state index in [0.717, 1.165) is 0 Å². The van der Waals surface area contributed by atoms with Crippen LogP contribution in [0.1, 0.15) is 10.4 Å². The van der Waals surface area contributed by atoms with E-state index in [4.69, 9.17) is 16.0 Å². The van der Waals surface area contributed by atoms with E-state index in [0.29, 0.717) is 26.5 Å². The van der Waals surface area contributed by atoms with Gasteiger partial charge < -0.3 is 4.42 Å². The van der Waals surface area contributed by atoms with Crippen LogP contribution in [-0.4, -0.2) is 16.1 Å². The fourth-order valence-corrected chi connectivity index (χ4v) is 2.38. The lowest BCUT2D eigenvalue weighted by Gasteiger charge is -2.00. The molecule has 1 N–H and O–H groups in total. The van der Waals surface area contributed by atoms with Gasteiger partial charge in [0.2, 0.25) is 5.13 Å². The van der Waals surface area contributed by atoms with Crippen LogP contribution < -0.4 is 5.32 Å². The molecule has 0 aliphatic carbocycles. The Morgan fingerprint density at radius 1 is 1.20 bits per heavy atom. The Bertz CT molecular complexity index is 722. The number of carbonyl (C=O) groups excluding carboxylic acids is 1. The van der Waals surface area contributed by atoms with Crippen LogP contribution in [0.4, 0.5) is 5.13 Å². The Balaban J connectivity index is 1.75. The lowest BCUT2D eigenvalue weighted by Crippen LogP contribution is -2.11. The van der Waals surface area contributed by atoms with Gasteiger partial charge in [-0.2, -0.15) is 0 Å². The molecule has 7 heteroatoms. The van der Waals surface area contributed by atoms with Gasteiger partial charge in [-0.3, -0.25) is 10.1 Å². The van der Waals surface area contributed by atoms with E-state index >= 15 is 0 Å². The molecule has 0 bridgehead atoms. The Hall–Kier alpha value is -2.18. The number of nitrogens with one attached hydrogen (secondary N) is 1. The standard InChI is InChI=1S/C13H8ClN3O2S/c14-9-5-3-8(4-6-9)11(18)15-13-17-16-12(20-13)10-2-1-7-19-10/h1-7H,(H,15,17,18). The molecule has 2 heterocycles. The minimum Gasteiger partial charge on any atom is -0.462 e. The molecule has 0 saturated carbocycles. The van der Waals surface area contributed by atoms with Gasteiger partial charge in [-0.05, 0) is 36.4 Å². The highest BCUT2D eigenvalue weighted by atomic mass is 35.5. The molecule has 0 spiro atoms. The number of hydrogen-bond acceptors (Lipinski definition) is 5. The zero-order chi connectivity index (χ0) is 13.9. The maximum atomic E-state index is 12.0. The van der Waals surface area contributed by atoms with Gasteiger partial charge in [-0.1, -0.05) is 22.9 Å². The summed E-state index contributed by atoms with van der Waals surface area (Å²) < 4.78 is 5.22. The molecule has 100 valence electrons. The minimum absolute atomic E-state index is 0.260. The number of benzene rings is 1. The van der Waals surface area contributed by atoms with Crippen molar-refractivity contribution in [2.75, 3.05) is 5.32 Å². The van der Waals surface area contributed by atoms with Crippen molar-refractivity contribution in [2.24, 2.45) is 0 Å². The molecule has 3 rings (SSSR count). The summed E-state index contributed by atoms with van der Waals surface area (Å²) in [4.78, 5) is 12.0. The Labute approximate surface area is 123 Å². The van der Waals surface area contributed by atoms with Crippen molar-refractivity contribution in [3.63, 3.8) is 0 Å². The number of rotatable bonds is 3. The quantitative estimate of drug-likeness (QED) is 0.801. The van der Waals surface area contributed by atoms with E-state index in [9.17, 15) is 4.79 Å². The Morgan fingerprint density at radius 2 is 2.00 bits per heavy atom. The SMILES string of the molecule is O=C(Nc1nnc(-c2ccco2)s1)c1ccc(Cl)cc1. The molecular formula is C13H8ClN3O2S. The molecule has 0 aliphatic heterocycles. The van der Waals surface area contributed by atoms with E-state index in [1.54, 1.807) is 42.7 Å². The van der Waals surface area contributed by atoms with Gasteiger partial charge >= 0.3 is 0 Å². The average molecular weight is 306 g/mol. The molecule has 20 heavy (non-hydrogen) atoms. The number of amides is 1. The lowest BCUT2D eigenvalue weighted by molar-refractivity contribution is 0.102. The van der Waals surface area contributed by atoms with Gasteiger partial charge in [0.15, 0.2) is 10.8 Å². The summed E-state index contributed by atoms with van der Waals surface area (Å²) in [6.45, 7) is 0. The predicted molar refractivity (Wildman–Crippen MR) is 77.0 cm³/mol. The highest BCUT2D eigenvalue weighted by Gasteiger charge is 2.12. The van der Waals surface area contributed by atoms with Crippen molar-refractivity contribution in [3.8, 4) is 10.8 Å². The third-order valence-electron chi connectivity index (χ3n) is 2.48. The summed E-state index contributed by atoms with van der Waals surface area (Å²) in [5, 5.41) is 12.2. The van der Waals surface area contributed by atoms with E-state index in [1.165, 1.54) is 11.3 Å². The first kappa shape index (κ1) is 12.8. The Kier molecular flexibility index (Phi) is 3.49. The van der Waals surface area contributed by atoms with Crippen LogP contribution in [0.5, 0.6) is 0 Å². The topological polar surface area (TPSA) is 68.0 Å². The number of furan rings is 1. The van der Waals surface area contributed by atoms with Crippen LogP contribution in [0.15, 0.2) is 47.1 Å². The summed E-state index contributed by atoms with van der Waals surface area (Å²) in [5.74, 6) is 0.360. The van der Waals surface area contributed by atoms with Crippen molar-refractivity contribution < 1.29 is 9.21 Å². The van der Waals surface area contributed by atoms with Crippen LogP contribution in [0, 0.1) is 0 Å².